The van der Waals surface area contributed by atoms with Crippen molar-refractivity contribution in [3.63, 3.8) is 0 Å². The molecule has 100 valence electrons. The van der Waals surface area contributed by atoms with Crippen LogP contribution in [0.15, 0.2) is 18.2 Å². The Morgan fingerprint density at radius 1 is 1.39 bits per heavy atom. The maximum atomic E-state index is 9.19. The van der Waals surface area contributed by atoms with E-state index in [4.69, 9.17) is 27.9 Å². The molecule has 1 heterocycles. The van der Waals surface area contributed by atoms with Crippen molar-refractivity contribution in [2.24, 2.45) is 0 Å². The third kappa shape index (κ3) is 3.37. The minimum atomic E-state index is -0.119. The van der Waals surface area contributed by atoms with E-state index in [1.54, 1.807) is 6.07 Å². The normalized spacial score (nSPS) is 25.3. The first kappa shape index (κ1) is 14.1. The van der Waals surface area contributed by atoms with Crippen LogP contribution < -0.4 is 0 Å². The zero-order valence-corrected chi connectivity index (χ0v) is 11.8. The molecule has 0 spiro atoms. The summed E-state index contributed by atoms with van der Waals surface area (Å²) in [6, 6.07) is 5.66. The number of nitrogens with zero attached hydrogens (tertiary/aromatic N) is 1. The highest BCUT2D eigenvalue weighted by Crippen LogP contribution is 2.27. The predicted octanol–water partition coefficient (Wildman–Crippen LogP) is 2.58. The van der Waals surface area contributed by atoms with Crippen molar-refractivity contribution in [2.75, 3.05) is 19.7 Å². The maximum absolute atomic E-state index is 9.19. The lowest BCUT2D eigenvalue weighted by atomic mass is 10.1. The van der Waals surface area contributed by atoms with Crippen LogP contribution >= 0.6 is 23.2 Å². The summed E-state index contributed by atoms with van der Waals surface area (Å²) in [5.41, 5.74) is 1.01. The molecule has 0 aromatic heterocycles. The van der Waals surface area contributed by atoms with E-state index >= 15 is 0 Å². The summed E-state index contributed by atoms with van der Waals surface area (Å²) < 4.78 is 5.61. The van der Waals surface area contributed by atoms with Crippen molar-refractivity contribution >= 4 is 23.2 Å². The fourth-order valence-electron chi connectivity index (χ4n) is 2.28. The number of ether oxygens (including phenoxy) is 1. The summed E-state index contributed by atoms with van der Waals surface area (Å²) in [7, 11) is 0. The van der Waals surface area contributed by atoms with Gasteiger partial charge in [-0.1, -0.05) is 35.3 Å². The van der Waals surface area contributed by atoms with Gasteiger partial charge in [0, 0.05) is 19.6 Å². The molecular formula is C13H17Cl2NO2. The fraction of sp³-hybridized carbons (Fsp3) is 0.538. The van der Waals surface area contributed by atoms with Crippen LogP contribution in [0.3, 0.4) is 0 Å². The molecule has 1 aliphatic rings. The van der Waals surface area contributed by atoms with Gasteiger partial charge in [-0.25, -0.2) is 0 Å². The second kappa shape index (κ2) is 6.22. The molecule has 0 amide bonds. The van der Waals surface area contributed by atoms with Gasteiger partial charge in [-0.2, -0.15) is 0 Å². The van der Waals surface area contributed by atoms with Crippen LogP contribution in [-0.2, 0) is 11.3 Å². The van der Waals surface area contributed by atoms with Crippen LogP contribution in [0.5, 0.6) is 0 Å². The molecule has 1 fully saturated rings. The first-order chi connectivity index (χ1) is 8.60. The first-order valence-electron chi connectivity index (χ1n) is 6.01. The molecule has 5 heteroatoms. The van der Waals surface area contributed by atoms with Crippen LogP contribution in [0, 0.1) is 0 Å². The molecule has 0 radical (unpaired) electrons. The van der Waals surface area contributed by atoms with Crippen LogP contribution in [0.2, 0.25) is 10.0 Å². The van der Waals surface area contributed by atoms with Crippen LogP contribution in [-0.4, -0.2) is 41.9 Å². The highest BCUT2D eigenvalue weighted by molar-refractivity contribution is 6.42. The van der Waals surface area contributed by atoms with Gasteiger partial charge in [-0.3, -0.25) is 4.90 Å². The minimum absolute atomic E-state index is 0.0458. The Morgan fingerprint density at radius 2 is 2.17 bits per heavy atom. The lowest BCUT2D eigenvalue weighted by Gasteiger charge is -2.36. The molecule has 18 heavy (non-hydrogen) atoms. The number of hydrogen-bond donors (Lipinski definition) is 1. The van der Waals surface area contributed by atoms with Crippen molar-refractivity contribution in [1.29, 1.82) is 0 Å². The summed E-state index contributed by atoms with van der Waals surface area (Å²) in [4.78, 5) is 2.23. The Labute approximate surface area is 117 Å². The summed E-state index contributed by atoms with van der Waals surface area (Å²) >= 11 is 12.2. The fourth-order valence-corrected chi connectivity index (χ4v) is 2.66. The Bertz CT molecular complexity index is 414. The molecule has 0 aliphatic carbocycles. The van der Waals surface area contributed by atoms with E-state index in [0.717, 1.165) is 18.7 Å². The lowest BCUT2D eigenvalue weighted by Crippen LogP contribution is -2.47. The second-order valence-electron chi connectivity index (χ2n) is 4.66. The molecule has 1 saturated heterocycles. The molecule has 2 atom stereocenters. The molecular weight excluding hydrogens is 273 g/mol. The standard InChI is InChI=1S/C13H17Cl2NO2/c1-9-5-16(7-11(8-17)18-9)6-10-3-2-4-12(14)13(10)15/h2-4,9,11,17H,5-8H2,1H3. The highest BCUT2D eigenvalue weighted by Gasteiger charge is 2.25. The van der Waals surface area contributed by atoms with Crippen molar-refractivity contribution in [1.82, 2.24) is 4.90 Å². The molecule has 0 saturated carbocycles. The maximum Gasteiger partial charge on any atom is 0.0936 e. The van der Waals surface area contributed by atoms with Gasteiger partial charge in [0.15, 0.2) is 0 Å². The third-order valence-corrected chi connectivity index (χ3v) is 3.89. The molecule has 2 rings (SSSR count). The highest BCUT2D eigenvalue weighted by atomic mass is 35.5. The van der Waals surface area contributed by atoms with Gasteiger partial charge in [0.2, 0.25) is 0 Å². The van der Waals surface area contributed by atoms with Gasteiger partial charge in [-0.15, -0.1) is 0 Å². The number of aliphatic hydroxyl groups excluding tert-OH is 1. The minimum Gasteiger partial charge on any atom is -0.394 e. The van der Waals surface area contributed by atoms with Crippen LogP contribution in [0.4, 0.5) is 0 Å². The van der Waals surface area contributed by atoms with Gasteiger partial charge in [0.05, 0.1) is 28.9 Å². The Kier molecular flexibility index (Phi) is 4.87. The number of halogens is 2. The van der Waals surface area contributed by atoms with Gasteiger partial charge in [0.25, 0.3) is 0 Å². The zero-order valence-electron chi connectivity index (χ0n) is 10.3. The number of benzene rings is 1. The largest absolute Gasteiger partial charge is 0.394 e. The van der Waals surface area contributed by atoms with E-state index in [1.807, 2.05) is 19.1 Å². The van der Waals surface area contributed by atoms with Crippen LogP contribution in [0.1, 0.15) is 12.5 Å². The molecule has 0 bridgehead atoms. The first-order valence-corrected chi connectivity index (χ1v) is 6.77. The van der Waals surface area contributed by atoms with E-state index in [-0.39, 0.29) is 18.8 Å². The van der Waals surface area contributed by atoms with Gasteiger partial charge in [0.1, 0.15) is 0 Å². The number of rotatable bonds is 3. The van der Waals surface area contributed by atoms with Crippen molar-refractivity contribution in [3.8, 4) is 0 Å². The molecule has 1 N–H and O–H groups in total. The SMILES string of the molecule is CC1CN(Cc2cccc(Cl)c2Cl)CC(CO)O1. The van der Waals surface area contributed by atoms with Gasteiger partial charge < -0.3 is 9.84 Å². The van der Waals surface area contributed by atoms with E-state index < -0.39 is 0 Å². The van der Waals surface area contributed by atoms with Crippen molar-refractivity contribution < 1.29 is 9.84 Å². The van der Waals surface area contributed by atoms with E-state index in [0.29, 0.717) is 16.6 Å². The molecule has 2 unspecified atom stereocenters. The average molecular weight is 290 g/mol. The predicted molar refractivity (Wildman–Crippen MR) is 73.2 cm³/mol. The van der Waals surface area contributed by atoms with E-state index in [2.05, 4.69) is 4.90 Å². The van der Waals surface area contributed by atoms with E-state index in [9.17, 15) is 5.11 Å². The third-order valence-electron chi connectivity index (χ3n) is 3.03. The molecule has 1 aromatic carbocycles. The Morgan fingerprint density at radius 3 is 2.89 bits per heavy atom. The smallest absolute Gasteiger partial charge is 0.0936 e. The van der Waals surface area contributed by atoms with Crippen molar-refractivity contribution in [2.45, 2.75) is 25.7 Å². The van der Waals surface area contributed by atoms with Crippen molar-refractivity contribution in [3.05, 3.63) is 33.8 Å². The summed E-state index contributed by atoms with van der Waals surface area (Å²) in [5, 5.41) is 10.4. The zero-order chi connectivity index (χ0) is 13.1. The number of morpholine rings is 1. The molecule has 1 aromatic rings. The van der Waals surface area contributed by atoms with Gasteiger partial charge in [-0.05, 0) is 18.6 Å². The Balaban J connectivity index is 2.06. The van der Waals surface area contributed by atoms with Gasteiger partial charge >= 0.3 is 0 Å². The molecule has 3 nitrogen and oxygen atoms in total. The number of aliphatic hydroxyl groups is 1. The summed E-state index contributed by atoms with van der Waals surface area (Å²) in [6.07, 6.45) is 0.000527. The second-order valence-corrected chi connectivity index (χ2v) is 5.44. The topological polar surface area (TPSA) is 32.7 Å². The number of hydrogen-bond acceptors (Lipinski definition) is 3. The Hall–Kier alpha value is -0.320. The average Bonchev–Trinajstić information content (AvgIpc) is 2.34. The van der Waals surface area contributed by atoms with E-state index in [1.165, 1.54) is 0 Å². The molecule has 1 aliphatic heterocycles. The monoisotopic (exact) mass is 289 g/mol. The lowest BCUT2D eigenvalue weighted by molar-refractivity contribution is -0.0972. The quantitative estimate of drug-likeness (QED) is 0.928. The summed E-state index contributed by atoms with van der Waals surface area (Å²) in [6.45, 7) is 4.32. The summed E-state index contributed by atoms with van der Waals surface area (Å²) in [5.74, 6) is 0. The van der Waals surface area contributed by atoms with Crippen LogP contribution in [0.25, 0.3) is 0 Å².